The van der Waals surface area contributed by atoms with Crippen molar-refractivity contribution in [1.82, 2.24) is 4.98 Å². The standard InChI is InChI=1S/C28H22FNO3S2/c29-23-13-22-24(14-21(23)19-5-1-3-7-25(19)34)30-15-16(28(22)20-6-2-4-8-26(20)35)9-10-18-11-17(31)12-27(32)33-18/h1-10,13-15,17-18,31,34-35H,11-12H2/t17-,18-/m1/s1. The molecule has 0 bridgehead atoms. The van der Waals surface area contributed by atoms with Crippen LogP contribution in [0.3, 0.4) is 0 Å². The fourth-order valence-electron chi connectivity index (χ4n) is 4.39. The maximum absolute atomic E-state index is 15.5. The van der Waals surface area contributed by atoms with E-state index < -0.39 is 18.2 Å². The number of benzene rings is 3. The number of carbonyl (C=O) groups is 1. The minimum absolute atomic E-state index is 0.00281. The minimum atomic E-state index is -0.736. The predicted octanol–water partition coefficient (Wildman–Crippen LogP) is 6.37. The van der Waals surface area contributed by atoms with Crippen LogP contribution in [0.25, 0.3) is 39.2 Å². The highest BCUT2D eigenvalue weighted by molar-refractivity contribution is 7.80. The third-order valence-electron chi connectivity index (χ3n) is 6.03. The van der Waals surface area contributed by atoms with Crippen LogP contribution in [-0.4, -0.2) is 28.3 Å². The minimum Gasteiger partial charge on any atom is -0.458 e. The monoisotopic (exact) mass is 503 g/mol. The summed E-state index contributed by atoms with van der Waals surface area (Å²) in [5.41, 5.74) is 4.05. The first kappa shape index (κ1) is 23.6. The summed E-state index contributed by atoms with van der Waals surface area (Å²) in [5.74, 6) is -0.820. The third-order valence-corrected chi connectivity index (χ3v) is 6.81. The van der Waals surface area contributed by atoms with Crippen molar-refractivity contribution < 1.29 is 19.0 Å². The lowest BCUT2D eigenvalue weighted by Crippen LogP contribution is -2.31. The summed E-state index contributed by atoms with van der Waals surface area (Å²) < 4.78 is 20.8. The zero-order valence-corrected chi connectivity index (χ0v) is 20.3. The summed E-state index contributed by atoms with van der Waals surface area (Å²) in [6, 6.07) is 18.2. The van der Waals surface area contributed by atoms with E-state index in [0.29, 0.717) is 33.3 Å². The largest absolute Gasteiger partial charge is 0.458 e. The van der Waals surface area contributed by atoms with E-state index in [2.05, 4.69) is 30.2 Å². The van der Waals surface area contributed by atoms with Crippen LogP contribution >= 0.6 is 25.3 Å². The number of esters is 1. The van der Waals surface area contributed by atoms with Crippen LogP contribution in [0.1, 0.15) is 18.4 Å². The van der Waals surface area contributed by atoms with Crippen molar-refractivity contribution in [3.8, 4) is 22.3 Å². The molecule has 0 amide bonds. The lowest BCUT2D eigenvalue weighted by Gasteiger charge is -2.23. The van der Waals surface area contributed by atoms with E-state index in [1.54, 1.807) is 24.4 Å². The number of ether oxygens (including phenoxy) is 1. The van der Waals surface area contributed by atoms with Gasteiger partial charge in [0.2, 0.25) is 0 Å². The summed E-state index contributed by atoms with van der Waals surface area (Å²) in [5, 5.41) is 10.6. The molecule has 1 saturated heterocycles. The van der Waals surface area contributed by atoms with E-state index in [4.69, 9.17) is 4.74 Å². The molecule has 1 aliphatic rings. The van der Waals surface area contributed by atoms with Crippen LogP contribution in [-0.2, 0) is 9.53 Å². The molecule has 3 aromatic carbocycles. The molecular weight excluding hydrogens is 481 g/mol. The first-order valence-corrected chi connectivity index (χ1v) is 12.0. The van der Waals surface area contributed by atoms with Crippen molar-refractivity contribution >= 4 is 48.2 Å². The van der Waals surface area contributed by atoms with Gasteiger partial charge in [-0.3, -0.25) is 9.78 Å². The molecular formula is C28H22FNO3S2. The Hall–Kier alpha value is -3.13. The van der Waals surface area contributed by atoms with Gasteiger partial charge in [-0.2, -0.15) is 0 Å². The van der Waals surface area contributed by atoms with Crippen LogP contribution < -0.4 is 0 Å². The molecule has 1 aliphatic heterocycles. The number of hydrogen-bond donors (Lipinski definition) is 3. The van der Waals surface area contributed by atoms with Gasteiger partial charge in [0.05, 0.1) is 18.0 Å². The summed E-state index contributed by atoms with van der Waals surface area (Å²) in [6.45, 7) is 0. The number of aliphatic hydroxyl groups is 1. The number of thiol groups is 2. The normalized spacial score (nSPS) is 18.2. The Morgan fingerprint density at radius 1 is 1.00 bits per heavy atom. The molecule has 176 valence electrons. The molecule has 0 aliphatic carbocycles. The Balaban J connectivity index is 1.68. The van der Waals surface area contributed by atoms with E-state index in [1.807, 2.05) is 48.5 Å². The van der Waals surface area contributed by atoms with Crippen molar-refractivity contribution in [2.45, 2.75) is 34.8 Å². The highest BCUT2D eigenvalue weighted by Crippen LogP contribution is 2.39. The number of hydrogen-bond acceptors (Lipinski definition) is 6. The topological polar surface area (TPSA) is 59.4 Å². The van der Waals surface area contributed by atoms with Gasteiger partial charge in [-0.15, -0.1) is 25.3 Å². The van der Waals surface area contributed by atoms with Crippen molar-refractivity contribution in [3.63, 3.8) is 0 Å². The lowest BCUT2D eigenvalue weighted by atomic mass is 9.93. The van der Waals surface area contributed by atoms with Crippen LogP contribution in [0.2, 0.25) is 0 Å². The average molecular weight is 504 g/mol. The van der Waals surface area contributed by atoms with E-state index in [-0.39, 0.29) is 12.2 Å². The van der Waals surface area contributed by atoms with Crippen molar-refractivity contribution in [2.24, 2.45) is 0 Å². The number of nitrogens with zero attached hydrogens (tertiary/aromatic N) is 1. The van der Waals surface area contributed by atoms with Gasteiger partial charge in [-0.25, -0.2) is 4.39 Å². The summed E-state index contributed by atoms with van der Waals surface area (Å²) >= 11 is 9.13. The number of aliphatic hydroxyl groups excluding tert-OH is 1. The van der Waals surface area contributed by atoms with Gasteiger partial charge in [0, 0.05) is 44.5 Å². The molecule has 4 aromatic rings. The molecule has 2 heterocycles. The van der Waals surface area contributed by atoms with Gasteiger partial charge in [-0.1, -0.05) is 42.5 Å². The van der Waals surface area contributed by atoms with Crippen molar-refractivity contribution in [2.75, 3.05) is 0 Å². The Morgan fingerprint density at radius 2 is 1.69 bits per heavy atom. The third kappa shape index (κ3) is 4.85. The summed E-state index contributed by atoms with van der Waals surface area (Å²) in [6.07, 6.45) is 4.28. The number of fused-ring (bicyclic) bond motifs is 1. The van der Waals surface area contributed by atoms with Gasteiger partial charge in [-0.05, 0) is 41.5 Å². The molecule has 1 fully saturated rings. The SMILES string of the molecule is O=C1C[C@H](O)C[C@@H](C=Cc2cnc3cc(-c4ccccc4S)c(F)cc3c2-c2ccccc2S)O1. The Kier molecular flexibility index (Phi) is 6.65. The molecule has 1 N–H and O–H groups in total. The Bertz CT molecular complexity index is 1470. The molecule has 0 unspecified atom stereocenters. The van der Waals surface area contributed by atoms with Gasteiger partial charge in [0.25, 0.3) is 0 Å². The van der Waals surface area contributed by atoms with Crippen LogP contribution in [0.5, 0.6) is 0 Å². The molecule has 35 heavy (non-hydrogen) atoms. The van der Waals surface area contributed by atoms with Gasteiger partial charge in [0.1, 0.15) is 11.9 Å². The Labute approximate surface area is 213 Å². The smallest absolute Gasteiger partial charge is 0.309 e. The second kappa shape index (κ2) is 9.85. The molecule has 0 saturated carbocycles. The maximum Gasteiger partial charge on any atom is 0.309 e. The number of rotatable bonds is 4. The zero-order valence-electron chi connectivity index (χ0n) is 18.6. The highest BCUT2D eigenvalue weighted by Gasteiger charge is 2.25. The van der Waals surface area contributed by atoms with Gasteiger partial charge in [0.15, 0.2) is 0 Å². The zero-order chi connectivity index (χ0) is 24.5. The van der Waals surface area contributed by atoms with E-state index in [0.717, 1.165) is 21.6 Å². The number of halogens is 1. The summed E-state index contributed by atoms with van der Waals surface area (Å²) in [7, 11) is 0. The highest BCUT2D eigenvalue weighted by atomic mass is 32.1. The van der Waals surface area contributed by atoms with Crippen LogP contribution in [0.4, 0.5) is 4.39 Å². The van der Waals surface area contributed by atoms with Gasteiger partial charge >= 0.3 is 5.97 Å². The first-order valence-electron chi connectivity index (χ1n) is 11.2. The predicted molar refractivity (Wildman–Crippen MR) is 141 cm³/mol. The van der Waals surface area contributed by atoms with Crippen LogP contribution in [0.15, 0.2) is 82.7 Å². The fourth-order valence-corrected chi connectivity index (χ4v) is 4.94. The van der Waals surface area contributed by atoms with E-state index in [1.165, 1.54) is 6.07 Å². The average Bonchev–Trinajstić information content (AvgIpc) is 2.82. The lowest BCUT2D eigenvalue weighted by molar-refractivity contribution is -0.156. The summed E-state index contributed by atoms with van der Waals surface area (Å²) in [4.78, 5) is 17.8. The van der Waals surface area contributed by atoms with Crippen LogP contribution in [0, 0.1) is 5.82 Å². The quantitative estimate of drug-likeness (QED) is 0.224. The Morgan fingerprint density at radius 3 is 2.37 bits per heavy atom. The molecule has 4 nitrogen and oxygen atoms in total. The van der Waals surface area contributed by atoms with Gasteiger partial charge < -0.3 is 9.84 Å². The van der Waals surface area contributed by atoms with Crippen molar-refractivity contribution in [1.29, 1.82) is 0 Å². The molecule has 2 atom stereocenters. The second-order valence-corrected chi connectivity index (χ2v) is 9.42. The van der Waals surface area contributed by atoms with Crippen molar-refractivity contribution in [3.05, 3.63) is 84.3 Å². The fraction of sp³-hybridized carbons (Fsp3) is 0.143. The number of aromatic nitrogens is 1. The van der Waals surface area contributed by atoms with E-state index in [9.17, 15) is 9.90 Å². The molecule has 5 rings (SSSR count). The molecule has 0 spiro atoms. The number of cyclic esters (lactones) is 1. The second-order valence-electron chi connectivity index (χ2n) is 8.45. The molecule has 0 radical (unpaired) electrons. The van der Waals surface area contributed by atoms with E-state index >= 15 is 4.39 Å². The first-order chi connectivity index (χ1) is 16.9. The molecule has 7 heteroatoms. The molecule has 1 aromatic heterocycles. The number of carbonyl (C=O) groups excluding carboxylic acids is 1. The maximum atomic E-state index is 15.5. The number of pyridine rings is 1.